The van der Waals surface area contributed by atoms with E-state index in [1.54, 1.807) is 0 Å². The third-order valence-corrected chi connectivity index (χ3v) is 2.92. The lowest BCUT2D eigenvalue weighted by Gasteiger charge is -2.40. The molecule has 1 rings (SSSR count). The van der Waals surface area contributed by atoms with Gasteiger partial charge in [0.15, 0.2) is 0 Å². The maximum Gasteiger partial charge on any atom is 0.310 e. The van der Waals surface area contributed by atoms with Crippen molar-refractivity contribution < 1.29 is 19.4 Å². The van der Waals surface area contributed by atoms with Gasteiger partial charge < -0.3 is 5.73 Å². The van der Waals surface area contributed by atoms with Gasteiger partial charge in [-0.1, -0.05) is 31.6 Å². The highest BCUT2D eigenvalue weighted by atomic mass is 35.5. The van der Waals surface area contributed by atoms with E-state index < -0.39 is 15.1 Å². The molecule has 0 spiro atoms. The molecular weight excluding hydrogens is 273 g/mol. The number of benzene rings is 1. The van der Waals surface area contributed by atoms with Gasteiger partial charge in [0.2, 0.25) is 0 Å². The van der Waals surface area contributed by atoms with Gasteiger partial charge in [-0.15, -0.1) is 12.4 Å². The van der Waals surface area contributed by atoms with E-state index in [0.717, 1.165) is 6.07 Å². The molecule has 8 heteroatoms. The second kappa shape index (κ2) is 3.75. The van der Waals surface area contributed by atoms with Crippen LogP contribution in [0.1, 0.15) is 5.56 Å². The molecule has 0 aliphatic heterocycles. The van der Waals surface area contributed by atoms with Crippen molar-refractivity contribution in [3.05, 3.63) is 29.8 Å². The molecule has 0 aliphatic rings. The topological polar surface area (TPSA) is 26.0 Å². The van der Waals surface area contributed by atoms with Crippen LogP contribution < -0.4 is 5.73 Å². The van der Waals surface area contributed by atoms with Gasteiger partial charge in [-0.05, 0) is 30.7 Å². The van der Waals surface area contributed by atoms with E-state index in [1.165, 1.54) is 6.07 Å². The summed E-state index contributed by atoms with van der Waals surface area (Å²) in [5.74, 6) is 0. The van der Waals surface area contributed by atoms with Gasteiger partial charge in [0.05, 0.1) is 0 Å². The average molecular weight is 284 g/mol. The summed E-state index contributed by atoms with van der Waals surface area (Å²) in [6.45, 7) is 0.115. The number of nitrogens with two attached hydrogens (primary N) is 1. The van der Waals surface area contributed by atoms with Crippen molar-refractivity contribution in [2.45, 2.75) is 11.3 Å². The molecule has 1 nitrogen and oxygen atoms in total. The minimum Gasteiger partial charge on any atom is -0.330 e. The maximum atomic E-state index is 12.3. The first-order valence-corrected chi connectivity index (χ1v) is 6.01. The quantitative estimate of drug-likeness (QED) is 0.824. The summed E-state index contributed by atoms with van der Waals surface area (Å²) >= 11 is 0. The molecule has 0 heterocycles. The third kappa shape index (κ3) is 4.15. The first kappa shape index (κ1) is 15.5. The Labute approximate surface area is 96.0 Å². The highest BCUT2D eigenvalue weighted by molar-refractivity contribution is 8.45. The van der Waals surface area contributed by atoms with E-state index in [9.17, 15) is 19.4 Å². The van der Waals surface area contributed by atoms with Gasteiger partial charge in [-0.2, -0.15) is 0 Å². The Morgan fingerprint density at radius 2 is 1.62 bits per heavy atom. The minimum absolute atomic E-state index is 0. The molecule has 0 atom stereocenters. The molecule has 1 aromatic carbocycles. The van der Waals surface area contributed by atoms with Crippen LogP contribution in [0.4, 0.5) is 19.4 Å². The van der Waals surface area contributed by atoms with Gasteiger partial charge in [-0.3, -0.25) is 0 Å². The summed E-state index contributed by atoms with van der Waals surface area (Å²) in [5.41, 5.74) is 5.28. The van der Waals surface area contributed by atoms with Crippen LogP contribution in [0.2, 0.25) is 0 Å². The first-order valence-electron chi connectivity index (χ1n) is 4.06. The molecule has 1 aromatic rings. The number of hydrogen-bond acceptors (Lipinski definition) is 1. The lowest BCUT2D eigenvalue weighted by atomic mass is 10.2. The van der Waals surface area contributed by atoms with Crippen molar-refractivity contribution in [3.8, 4) is 0 Å². The van der Waals surface area contributed by atoms with Crippen molar-refractivity contribution >= 4 is 22.6 Å². The summed E-state index contributed by atoms with van der Waals surface area (Å²) in [6, 6.07) is 3.12. The van der Waals surface area contributed by atoms with Gasteiger partial charge in [0, 0.05) is 0 Å². The van der Waals surface area contributed by atoms with E-state index in [2.05, 4.69) is 0 Å². The molecule has 0 saturated carbocycles. The summed E-state index contributed by atoms with van der Waals surface area (Å²) in [6.07, 6.45) is 0.141. The Hall–Kier alpha value is -0.530. The third-order valence-electron chi connectivity index (χ3n) is 1.78. The van der Waals surface area contributed by atoms with Gasteiger partial charge in [-0.25, -0.2) is 0 Å². The van der Waals surface area contributed by atoms with Crippen LogP contribution in [0.5, 0.6) is 0 Å². The Kier molecular flexibility index (Phi) is 3.62. The molecule has 0 bridgehead atoms. The summed E-state index contributed by atoms with van der Waals surface area (Å²) < 4.78 is 61.7. The van der Waals surface area contributed by atoms with Crippen LogP contribution in [-0.2, 0) is 6.42 Å². The van der Waals surface area contributed by atoms with Gasteiger partial charge in [0.1, 0.15) is 4.90 Å². The molecule has 0 fully saturated rings. The van der Waals surface area contributed by atoms with Crippen LogP contribution >= 0.6 is 22.6 Å². The van der Waals surface area contributed by atoms with Crippen LogP contribution in [0, 0.1) is 0 Å². The van der Waals surface area contributed by atoms with Gasteiger partial charge >= 0.3 is 10.2 Å². The molecule has 0 radical (unpaired) electrons. The van der Waals surface area contributed by atoms with E-state index >= 15 is 0 Å². The SMILES string of the molecule is Cl.NCCc1cccc(S(F)(F)(F)(F)F)c1. The fourth-order valence-corrected chi connectivity index (χ4v) is 1.82. The van der Waals surface area contributed by atoms with Crippen molar-refractivity contribution in [3.63, 3.8) is 0 Å². The fourth-order valence-electron chi connectivity index (χ4n) is 1.11. The number of hydrogen-bond donors (Lipinski definition) is 1. The predicted molar refractivity (Wildman–Crippen MR) is 57.8 cm³/mol. The second-order valence-corrected chi connectivity index (χ2v) is 5.56. The monoisotopic (exact) mass is 283 g/mol. The summed E-state index contributed by atoms with van der Waals surface area (Å²) in [7, 11) is -9.54. The number of halogens is 6. The Balaban J connectivity index is 0.00000225. The maximum absolute atomic E-state index is 12.3. The lowest BCUT2D eigenvalue weighted by molar-refractivity contribution is 0.364. The van der Waals surface area contributed by atoms with Crippen molar-refractivity contribution in [2.75, 3.05) is 6.54 Å². The molecule has 0 saturated heterocycles. The van der Waals surface area contributed by atoms with Crippen LogP contribution in [0.3, 0.4) is 0 Å². The smallest absolute Gasteiger partial charge is 0.310 e. The lowest BCUT2D eigenvalue weighted by Crippen LogP contribution is -2.08. The van der Waals surface area contributed by atoms with Crippen LogP contribution in [0.25, 0.3) is 0 Å². The zero-order valence-electron chi connectivity index (χ0n) is 8.01. The van der Waals surface area contributed by atoms with Crippen LogP contribution in [0.15, 0.2) is 29.2 Å². The summed E-state index contributed by atoms with van der Waals surface area (Å²) in [5, 5.41) is 0. The zero-order chi connectivity index (χ0) is 11.8. The second-order valence-electron chi connectivity index (χ2n) is 3.16. The van der Waals surface area contributed by atoms with Gasteiger partial charge in [0.25, 0.3) is 0 Å². The van der Waals surface area contributed by atoms with E-state index in [4.69, 9.17) is 5.73 Å². The van der Waals surface area contributed by atoms with Crippen molar-refractivity contribution in [1.29, 1.82) is 0 Å². The molecule has 2 N–H and O–H groups in total. The first-order chi connectivity index (χ1) is 6.53. The fraction of sp³-hybridized carbons (Fsp3) is 0.250. The van der Waals surface area contributed by atoms with Crippen molar-refractivity contribution in [2.24, 2.45) is 5.73 Å². The summed E-state index contributed by atoms with van der Waals surface area (Å²) in [4.78, 5) is -1.86. The van der Waals surface area contributed by atoms with E-state index in [1.807, 2.05) is 0 Å². The Bertz CT molecular complexity index is 376. The molecule has 0 aromatic heterocycles. The Morgan fingerprint density at radius 1 is 1.06 bits per heavy atom. The molecule has 0 unspecified atom stereocenters. The largest absolute Gasteiger partial charge is 0.330 e. The Morgan fingerprint density at radius 3 is 2.06 bits per heavy atom. The van der Waals surface area contributed by atoms with Crippen molar-refractivity contribution in [1.82, 2.24) is 0 Å². The van der Waals surface area contributed by atoms with E-state index in [0.29, 0.717) is 12.1 Å². The van der Waals surface area contributed by atoms with E-state index in [-0.39, 0.29) is 30.9 Å². The minimum atomic E-state index is -9.54. The predicted octanol–water partition coefficient (Wildman–Crippen LogP) is 4.27. The molecule has 16 heavy (non-hydrogen) atoms. The zero-order valence-corrected chi connectivity index (χ0v) is 9.64. The highest BCUT2D eigenvalue weighted by Crippen LogP contribution is 3.02. The van der Waals surface area contributed by atoms with Crippen LogP contribution in [-0.4, -0.2) is 6.54 Å². The standard InChI is InChI=1S/C8H10F5NS.ClH/c9-15(10,11,12,13)8-3-1-2-7(6-8)4-5-14;/h1-3,6H,4-5,14H2;1H. The average Bonchev–Trinajstić information content (AvgIpc) is 2.01. The highest BCUT2D eigenvalue weighted by Gasteiger charge is 2.65. The molecule has 96 valence electrons. The number of rotatable bonds is 3. The normalized spacial score (nSPS) is 15.9. The molecule has 0 amide bonds. The molecular formula is C8H11ClF5NS. The molecule has 0 aliphatic carbocycles.